The number of alkyl halides is 3. The van der Waals surface area contributed by atoms with Gasteiger partial charge in [0.25, 0.3) is 0 Å². The van der Waals surface area contributed by atoms with Crippen LogP contribution in [0.25, 0.3) is 0 Å². The van der Waals surface area contributed by atoms with Gasteiger partial charge in [0.05, 0.1) is 12.1 Å². The molecule has 5 nitrogen and oxygen atoms in total. The Bertz CT molecular complexity index is 840. The fourth-order valence-electron chi connectivity index (χ4n) is 3.08. The average Bonchev–Trinajstić information content (AvgIpc) is 2.95. The first kappa shape index (κ1) is 18.9. The number of hydrogen-bond acceptors (Lipinski definition) is 4. The van der Waals surface area contributed by atoms with Gasteiger partial charge in [0.2, 0.25) is 5.91 Å². The molecule has 0 aliphatic carbocycles. The van der Waals surface area contributed by atoms with Crippen LogP contribution in [0.15, 0.2) is 54.6 Å². The molecule has 1 amide bonds. The summed E-state index contributed by atoms with van der Waals surface area (Å²) in [5.41, 5.74) is 7.12. The van der Waals surface area contributed by atoms with Gasteiger partial charge in [-0.2, -0.15) is 13.2 Å². The van der Waals surface area contributed by atoms with Crippen LogP contribution in [0.3, 0.4) is 0 Å². The lowest BCUT2D eigenvalue weighted by Gasteiger charge is -2.29. The minimum atomic E-state index is -5.09. The number of likely N-dealkylation sites (tertiary alicyclic amines) is 1. The van der Waals surface area contributed by atoms with Crippen molar-refractivity contribution in [2.45, 2.75) is 24.7 Å². The van der Waals surface area contributed by atoms with Gasteiger partial charge >= 0.3 is 12.1 Å². The van der Waals surface area contributed by atoms with Gasteiger partial charge in [-0.3, -0.25) is 4.79 Å². The summed E-state index contributed by atoms with van der Waals surface area (Å²) in [5.74, 6) is -2.77. The summed E-state index contributed by atoms with van der Waals surface area (Å²) in [6.45, 7) is 0.423. The molecule has 0 bridgehead atoms. The molecule has 2 aromatic rings. The Hall–Kier alpha value is -2.87. The van der Waals surface area contributed by atoms with Crippen LogP contribution in [-0.2, 0) is 9.59 Å². The van der Waals surface area contributed by atoms with E-state index in [1.54, 1.807) is 23.1 Å². The number of amides is 1. The standard InChI is InChI=1S/C19H17F3N2O3/c20-19(21,22)18(26)27-14-8-4-7-13(11-14)16(12-5-2-1-3-6-12)24-10-9-15(23)17(24)25/h1-8,11,15-16H,9-10,23H2/t15-,16?/m0/s1. The van der Waals surface area contributed by atoms with Crippen molar-refractivity contribution < 1.29 is 27.5 Å². The zero-order chi connectivity index (χ0) is 19.6. The maximum atomic E-state index is 12.5. The van der Waals surface area contributed by atoms with Crippen LogP contribution in [-0.4, -0.2) is 35.5 Å². The molecule has 1 unspecified atom stereocenters. The molecule has 8 heteroatoms. The Balaban J connectivity index is 1.97. The fraction of sp³-hybridized carbons (Fsp3) is 0.263. The molecule has 0 radical (unpaired) electrons. The monoisotopic (exact) mass is 378 g/mol. The second kappa shape index (κ2) is 7.40. The van der Waals surface area contributed by atoms with Crippen LogP contribution in [0.4, 0.5) is 13.2 Å². The van der Waals surface area contributed by atoms with Gasteiger partial charge < -0.3 is 15.4 Å². The number of halogens is 3. The highest BCUT2D eigenvalue weighted by Gasteiger charge is 2.41. The predicted octanol–water partition coefficient (Wildman–Crippen LogP) is 2.80. The molecule has 0 saturated carbocycles. The van der Waals surface area contributed by atoms with Crippen LogP contribution >= 0.6 is 0 Å². The second-order valence-electron chi connectivity index (χ2n) is 6.20. The first-order valence-electron chi connectivity index (χ1n) is 8.27. The van der Waals surface area contributed by atoms with E-state index in [4.69, 9.17) is 5.73 Å². The lowest BCUT2D eigenvalue weighted by Crippen LogP contribution is -2.37. The number of rotatable bonds is 4. The number of esters is 1. The summed E-state index contributed by atoms with van der Waals surface area (Å²) in [4.78, 5) is 25.2. The quantitative estimate of drug-likeness (QED) is 0.656. The zero-order valence-corrected chi connectivity index (χ0v) is 14.1. The third-order valence-corrected chi connectivity index (χ3v) is 4.32. The van der Waals surface area contributed by atoms with E-state index >= 15 is 0 Å². The smallest absolute Gasteiger partial charge is 0.420 e. The van der Waals surface area contributed by atoms with E-state index in [0.29, 0.717) is 18.5 Å². The summed E-state index contributed by atoms with van der Waals surface area (Å²) >= 11 is 0. The number of nitrogens with zero attached hydrogens (tertiary/aromatic N) is 1. The van der Waals surface area contributed by atoms with Crippen molar-refractivity contribution >= 4 is 11.9 Å². The number of carbonyl (C=O) groups excluding carboxylic acids is 2. The number of ether oxygens (including phenoxy) is 1. The minimum absolute atomic E-state index is 0.235. The highest BCUT2D eigenvalue weighted by molar-refractivity contribution is 5.84. The van der Waals surface area contributed by atoms with E-state index in [1.165, 1.54) is 18.2 Å². The van der Waals surface area contributed by atoms with Gasteiger partial charge in [-0.1, -0.05) is 42.5 Å². The van der Waals surface area contributed by atoms with E-state index in [-0.39, 0.29) is 11.7 Å². The Morgan fingerprint density at radius 2 is 1.78 bits per heavy atom. The summed E-state index contributed by atoms with van der Waals surface area (Å²) in [5, 5.41) is 0. The second-order valence-corrected chi connectivity index (χ2v) is 6.20. The molecule has 2 aromatic carbocycles. The van der Waals surface area contributed by atoms with Crippen LogP contribution < -0.4 is 10.5 Å². The molecule has 0 aromatic heterocycles. The maximum Gasteiger partial charge on any atom is 0.491 e. The van der Waals surface area contributed by atoms with Crippen molar-refractivity contribution in [2.75, 3.05) is 6.54 Å². The van der Waals surface area contributed by atoms with Crippen molar-refractivity contribution in [3.63, 3.8) is 0 Å². The SMILES string of the molecule is N[C@H]1CCN(C(c2ccccc2)c2cccc(OC(=O)C(F)(F)F)c2)C1=O. The number of nitrogens with two attached hydrogens (primary N) is 1. The van der Waals surface area contributed by atoms with Crippen LogP contribution in [0, 0.1) is 0 Å². The van der Waals surface area contributed by atoms with Crippen molar-refractivity contribution in [1.82, 2.24) is 4.90 Å². The Labute approximate surface area is 153 Å². The van der Waals surface area contributed by atoms with Crippen molar-refractivity contribution in [3.05, 3.63) is 65.7 Å². The lowest BCUT2D eigenvalue weighted by atomic mass is 9.97. The van der Waals surface area contributed by atoms with Gasteiger partial charge in [0, 0.05) is 6.54 Å². The molecule has 142 valence electrons. The van der Waals surface area contributed by atoms with Gasteiger partial charge in [0.1, 0.15) is 5.75 Å². The highest BCUT2D eigenvalue weighted by atomic mass is 19.4. The first-order chi connectivity index (χ1) is 12.8. The molecule has 1 heterocycles. The maximum absolute atomic E-state index is 12.5. The van der Waals surface area contributed by atoms with Crippen LogP contribution in [0.2, 0.25) is 0 Å². The zero-order valence-electron chi connectivity index (χ0n) is 14.1. The lowest BCUT2D eigenvalue weighted by molar-refractivity contribution is -0.189. The Morgan fingerprint density at radius 3 is 2.37 bits per heavy atom. The third kappa shape index (κ3) is 4.11. The van der Waals surface area contributed by atoms with E-state index in [1.807, 2.05) is 18.2 Å². The summed E-state index contributed by atoms with van der Waals surface area (Å²) < 4.78 is 41.8. The van der Waals surface area contributed by atoms with E-state index in [0.717, 1.165) is 5.56 Å². The molecule has 1 saturated heterocycles. The molecule has 1 fully saturated rings. The van der Waals surface area contributed by atoms with Crippen molar-refractivity contribution in [3.8, 4) is 5.75 Å². The topological polar surface area (TPSA) is 72.6 Å². The number of hydrogen-bond donors (Lipinski definition) is 1. The first-order valence-corrected chi connectivity index (χ1v) is 8.27. The predicted molar refractivity (Wildman–Crippen MR) is 90.7 cm³/mol. The molecular weight excluding hydrogens is 361 g/mol. The normalized spacial score (nSPS) is 18.4. The molecule has 1 aliphatic heterocycles. The molecular formula is C19H17F3N2O3. The molecule has 27 heavy (non-hydrogen) atoms. The Kier molecular flexibility index (Phi) is 5.18. The molecule has 1 aliphatic rings. The summed E-state index contributed by atoms with van der Waals surface area (Å²) in [6, 6.07) is 13.6. The number of carbonyl (C=O) groups is 2. The average molecular weight is 378 g/mol. The molecule has 0 spiro atoms. The van der Waals surface area contributed by atoms with E-state index in [2.05, 4.69) is 4.74 Å². The van der Waals surface area contributed by atoms with Crippen molar-refractivity contribution in [2.24, 2.45) is 5.73 Å². The molecule has 2 atom stereocenters. The van der Waals surface area contributed by atoms with Crippen molar-refractivity contribution in [1.29, 1.82) is 0 Å². The summed E-state index contributed by atoms with van der Waals surface area (Å²) in [7, 11) is 0. The van der Waals surface area contributed by atoms with Gasteiger partial charge in [-0.15, -0.1) is 0 Å². The summed E-state index contributed by atoms with van der Waals surface area (Å²) in [6.07, 6.45) is -4.60. The number of benzene rings is 2. The minimum Gasteiger partial charge on any atom is -0.420 e. The van der Waals surface area contributed by atoms with Gasteiger partial charge in [-0.05, 0) is 29.7 Å². The highest BCUT2D eigenvalue weighted by Crippen LogP contribution is 2.34. The fourth-order valence-corrected chi connectivity index (χ4v) is 3.08. The Morgan fingerprint density at radius 1 is 1.11 bits per heavy atom. The van der Waals surface area contributed by atoms with E-state index in [9.17, 15) is 22.8 Å². The van der Waals surface area contributed by atoms with E-state index < -0.39 is 24.2 Å². The van der Waals surface area contributed by atoms with Gasteiger partial charge in [0.15, 0.2) is 0 Å². The molecule has 3 rings (SSSR count). The molecule has 2 N–H and O–H groups in total. The third-order valence-electron chi connectivity index (χ3n) is 4.32. The van der Waals surface area contributed by atoms with Crippen LogP contribution in [0.1, 0.15) is 23.6 Å². The van der Waals surface area contributed by atoms with Crippen LogP contribution in [0.5, 0.6) is 5.75 Å². The van der Waals surface area contributed by atoms with Gasteiger partial charge in [-0.25, -0.2) is 4.79 Å². The largest absolute Gasteiger partial charge is 0.491 e.